The minimum absolute atomic E-state index is 0.00734. The molecule has 1 aromatic carbocycles. The van der Waals surface area contributed by atoms with Gasteiger partial charge in [0.1, 0.15) is 0 Å². The Bertz CT molecular complexity index is 533. The molecule has 2 amide bonds. The maximum Gasteiger partial charge on any atom is 0.252 e. The molecule has 0 saturated carbocycles. The zero-order chi connectivity index (χ0) is 14.8. The average molecular weight is 335 g/mol. The SMILES string of the molecule is CC(C)(CNC(=O)c1cc(F)c(F)cc1Br)C(N)=O. The lowest BCUT2D eigenvalue weighted by Crippen LogP contribution is -2.42. The molecule has 1 aromatic rings. The Balaban J connectivity index is 2.86. The standard InChI is InChI=1S/C12H13BrF2N2O2/c1-12(2,11(16)19)5-17-10(18)6-3-8(14)9(15)4-7(6)13/h3-4H,5H2,1-2H3,(H2,16,19)(H,17,18). The van der Waals surface area contributed by atoms with Crippen molar-refractivity contribution in [2.75, 3.05) is 6.54 Å². The van der Waals surface area contributed by atoms with Gasteiger partial charge in [-0.05, 0) is 41.9 Å². The predicted molar refractivity (Wildman–Crippen MR) is 69.4 cm³/mol. The summed E-state index contributed by atoms with van der Waals surface area (Å²) in [6, 6.07) is 1.65. The zero-order valence-corrected chi connectivity index (χ0v) is 12.0. The fraction of sp³-hybridized carbons (Fsp3) is 0.333. The van der Waals surface area contributed by atoms with Gasteiger partial charge in [-0.3, -0.25) is 9.59 Å². The van der Waals surface area contributed by atoms with Crippen LogP contribution in [0.25, 0.3) is 0 Å². The number of primary amides is 1. The first-order chi connectivity index (χ1) is 8.65. The van der Waals surface area contributed by atoms with Crippen LogP contribution in [-0.2, 0) is 4.79 Å². The maximum atomic E-state index is 13.1. The van der Waals surface area contributed by atoms with Crippen LogP contribution in [0.4, 0.5) is 8.78 Å². The summed E-state index contributed by atoms with van der Waals surface area (Å²) in [7, 11) is 0. The van der Waals surface area contributed by atoms with E-state index in [4.69, 9.17) is 5.73 Å². The summed E-state index contributed by atoms with van der Waals surface area (Å²) < 4.78 is 26.1. The van der Waals surface area contributed by atoms with Crippen molar-refractivity contribution in [3.63, 3.8) is 0 Å². The normalized spacial score (nSPS) is 11.2. The highest BCUT2D eigenvalue weighted by atomic mass is 79.9. The Hall–Kier alpha value is -1.50. The van der Waals surface area contributed by atoms with E-state index in [9.17, 15) is 18.4 Å². The first-order valence-corrected chi connectivity index (χ1v) is 6.17. The Morgan fingerprint density at radius 3 is 2.37 bits per heavy atom. The number of halogens is 3. The predicted octanol–water partition coefficient (Wildman–Crippen LogP) is 1.97. The molecule has 0 atom stereocenters. The third-order valence-electron chi connectivity index (χ3n) is 2.61. The minimum atomic E-state index is -1.12. The molecule has 7 heteroatoms. The molecule has 0 radical (unpaired) electrons. The van der Waals surface area contributed by atoms with Crippen LogP contribution in [0.15, 0.2) is 16.6 Å². The van der Waals surface area contributed by atoms with E-state index < -0.39 is 28.9 Å². The van der Waals surface area contributed by atoms with Crippen LogP contribution in [0.5, 0.6) is 0 Å². The highest BCUT2D eigenvalue weighted by molar-refractivity contribution is 9.10. The first kappa shape index (κ1) is 15.6. The molecule has 0 unspecified atom stereocenters. The van der Waals surface area contributed by atoms with Crippen molar-refractivity contribution in [1.82, 2.24) is 5.32 Å². The van der Waals surface area contributed by atoms with E-state index in [1.807, 2.05) is 0 Å². The summed E-state index contributed by atoms with van der Waals surface area (Å²) >= 11 is 2.97. The van der Waals surface area contributed by atoms with Crippen molar-refractivity contribution in [3.8, 4) is 0 Å². The number of carbonyl (C=O) groups is 2. The molecule has 0 bridgehead atoms. The van der Waals surface area contributed by atoms with Crippen LogP contribution in [0.3, 0.4) is 0 Å². The number of amides is 2. The number of nitrogens with one attached hydrogen (secondary N) is 1. The molecule has 0 aromatic heterocycles. The molecule has 0 spiro atoms. The van der Waals surface area contributed by atoms with Crippen molar-refractivity contribution >= 4 is 27.7 Å². The third-order valence-corrected chi connectivity index (χ3v) is 3.27. The number of benzene rings is 1. The molecule has 0 aliphatic carbocycles. The van der Waals surface area contributed by atoms with Crippen molar-refractivity contribution in [2.45, 2.75) is 13.8 Å². The van der Waals surface area contributed by atoms with Gasteiger partial charge in [-0.2, -0.15) is 0 Å². The monoisotopic (exact) mass is 334 g/mol. The second kappa shape index (κ2) is 5.64. The quantitative estimate of drug-likeness (QED) is 0.826. The zero-order valence-electron chi connectivity index (χ0n) is 10.4. The van der Waals surface area contributed by atoms with Crippen LogP contribution < -0.4 is 11.1 Å². The van der Waals surface area contributed by atoms with Crippen LogP contribution in [0, 0.1) is 17.0 Å². The molecule has 19 heavy (non-hydrogen) atoms. The number of hydrogen-bond acceptors (Lipinski definition) is 2. The molecule has 0 aliphatic heterocycles. The van der Waals surface area contributed by atoms with Gasteiger partial charge in [-0.15, -0.1) is 0 Å². The van der Waals surface area contributed by atoms with Gasteiger partial charge in [-0.25, -0.2) is 8.78 Å². The summed E-state index contributed by atoms with van der Waals surface area (Å²) in [5.41, 5.74) is 4.17. The van der Waals surface area contributed by atoms with Crippen LogP contribution in [-0.4, -0.2) is 18.4 Å². The fourth-order valence-electron chi connectivity index (χ4n) is 1.18. The minimum Gasteiger partial charge on any atom is -0.369 e. The maximum absolute atomic E-state index is 13.1. The van der Waals surface area contributed by atoms with E-state index >= 15 is 0 Å². The molecule has 1 rings (SSSR count). The topological polar surface area (TPSA) is 72.2 Å². The highest BCUT2D eigenvalue weighted by Crippen LogP contribution is 2.21. The molecule has 0 fully saturated rings. The van der Waals surface area contributed by atoms with Gasteiger partial charge in [0.25, 0.3) is 5.91 Å². The van der Waals surface area contributed by atoms with Crippen molar-refractivity contribution in [1.29, 1.82) is 0 Å². The Morgan fingerprint density at radius 1 is 1.32 bits per heavy atom. The van der Waals surface area contributed by atoms with E-state index in [0.29, 0.717) is 0 Å². The Morgan fingerprint density at radius 2 is 1.84 bits per heavy atom. The second-order valence-corrected chi connectivity index (χ2v) is 5.53. The van der Waals surface area contributed by atoms with Gasteiger partial charge >= 0.3 is 0 Å². The summed E-state index contributed by atoms with van der Waals surface area (Å²) in [6.07, 6.45) is 0. The molecule has 4 nitrogen and oxygen atoms in total. The van der Waals surface area contributed by atoms with Gasteiger partial charge in [0.15, 0.2) is 11.6 Å². The van der Waals surface area contributed by atoms with Crippen molar-refractivity contribution in [3.05, 3.63) is 33.8 Å². The molecule has 0 heterocycles. The van der Waals surface area contributed by atoms with E-state index in [2.05, 4.69) is 21.2 Å². The third kappa shape index (κ3) is 3.73. The average Bonchev–Trinajstić information content (AvgIpc) is 2.30. The van der Waals surface area contributed by atoms with Crippen LogP contribution >= 0.6 is 15.9 Å². The van der Waals surface area contributed by atoms with Crippen molar-refractivity contribution < 1.29 is 18.4 Å². The van der Waals surface area contributed by atoms with Crippen molar-refractivity contribution in [2.24, 2.45) is 11.1 Å². The number of hydrogen-bond donors (Lipinski definition) is 2. The van der Waals surface area contributed by atoms with Crippen LogP contribution in [0.2, 0.25) is 0 Å². The largest absolute Gasteiger partial charge is 0.369 e. The van der Waals surface area contributed by atoms with E-state index in [1.165, 1.54) is 0 Å². The fourth-order valence-corrected chi connectivity index (χ4v) is 1.68. The highest BCUT2D eigenvalue weighted by Gasteiger charge is 2.26. The molecular weight excluding hydrogens is 322 g/mol. The van der Waals surface area contributed by atoms with E-state index in [1.54, 1.807) is 13.8 Å². The number of rotatable bonds is 4. The van der Waals surface area contributed by atoms with Crippen LogP contribution in [0.1, 0.15) is 24.2 Å². The number of carbonyl (C=O) groups excluding carboxylic acids is 2. The second-order valence-electron chi connectivity index (χ2n) is 4.68. The van der Waals surface area contributed by atoms with E-state index in [0.717, 1.165) is 12.1 Å². The Labute approximate surface area is 117 Å². The number of nitrogens with two attached hydrogens (primary N) is 1. The lowest BCUT2D eigenvalue weighted by atomic mass is 9.92. The summed E-state index contributed by atoms with van der Waals surface area (Å²) in [4.78, 5) is 22.9. The van der Waals surface area contributed by atoms with Gasteiger partial charge in [0.05, 0.1) is 11.0 Å². The Kier molecular flexibility index (Phi) is 4.62. The van der Waals surface area contributed by atoms with Gasteiger partial charge < -0.3 is 11.1 Å². The molecule has 0 aliphatic rings. The molecular formula is C12H13BrF2N2O2. The molecule has 3 N–H and O–H groups in total. The lowest BCUT2D eigenvalue weighted by molar-refractivity contribution is -0.125. The van der Waals surface area contributed by atoms with E-state index in [-0.39, 0.29) is 16.6 Å². The van der Waals surface area contributed by atoms with Gasteiger partial charge in [0.2, 0.25) is 5.91 Å². The lowest BCUT2D eigenvalue weighted by Gasteiger charge is -2.20. The molecule has 104 valence electrons. The first-order valence-electron chi connectivity index (χ1n) is 5.38. The van der Waals surface area contributed by atoms with Gasteiger partial charge in [-0.1, -0.05) is 0 Å². The summed E-state index contributed by atoms with van der Waals surface area (Å²) in [6.45, 7) is 3.12. The summed E-state index contributed by atoms with van der Waals surface area (Å²) in [5, 5.41) is 2.45. The summed E-state index contributed by atoms with van der Waals surface area (Å²) in [5.74, 6) is -3.37. The van der Waals surface area contributed by atoms with Gasteiger partial charge in [0, 0.05) is 11.0 Å². The smallest absolute Gasteiger partial charge is 0.252 e. The molecule has 0 saturated heterocycles.